The van der Waals surface area contributed by atoms with Gasteiger partial charge in [-0.3, -0.25) is 9.59 Å². The van der Waals surface area contributed by atoms with Crippen molar-refractivity contribution >= 4 is 17.6 Å². The molecule has 2 aromatic carbocycles. The molecule has 3 rings (SSSR count). The maximum Gasteiger partial charge on any atom is 0.310 e. The van der Waals surface area contributed by atoms with E-state index in [0.717, 1.165) is 11.1 Å². The fraction of sp³-hybridized carbons (Fsp3) is 0.333. The first-order valence-corrected chi connectivity index (χ1v) is 8.75. The van der Waals surface area contributed by atoms with Gasteiger partial charge in [-0.05, 0) is 49.9 Å². The summed E-state index contributed by atoms with van der Waals surface area (Å²) < 4.78 is 5.71. The molecule has 5 heteroatoms. The molecule has 0 saturated carbocycles. The lowest BCUT2D eigenvalue weighted by Crippen LogP contribution is -2.36. The third-order valence-electron chi connectivity index (χ3n) is 4.65. The Morgan fingerprint density at radius 2 is 1.65 bits per heavy atom. The Hall–Kier alpha value is -2.82. The Kier molecular flexibility index (Phi) is 4.98. The van der Waals surface area contributed by atoms with Gasteiger partial charge in [-0.15, -0.1) is 0 Å². The number of nitrogens with one attached hydrogen (secondary N) is 1. The molecule has 0 aliphatic heterocycles. The minimum atomic E-state index is -1.10. The van der Waals surface area contributed by atoms with Gasteiger partial charge in [-0.1, -0.05) is 36.4 Å². The fourth-order valence-corrected chi connectivity index (χ4v) is 3.47. The van der Waals surface area contributed by atoms with E-state index in [9.17, 15) is 14.7 Å². The van der Waals surface area contributed by atoms with Crippen LogP contribution in [0.1, 0.15) is 31.4 Å². The van der Waals surface area contributed by atoms with Crippen LogP contribution in [0, 0.1) is 5.41 Å². The number of para-hydroxylation sites is 2. The topological polar surface area (TPSA) is 75.6 Å². The summed E-state index contributed by atoms with van der Waals surface area (Å²) in [6, 6.07) is 14.8. The van der Waals surface area contributed by atoms with Crippen molar-refractivity contribution in [1.29, 1.82) is 0 Å². The lowest BCUT2D eigenvalue weighted by atomic mass is 9.81. The predicted octanol–water partition coefficient (Wildman–Crippen LogP) is 3.67. The van der Waals surface area contributed by atoms with Crippen LogP contribution in [0.2, 0.25) is 0 Å². The zero-order valence-corrected chi connectivity index (χ0v) is 15.0. The van der Waals surface area contributed by atoms with Crippen molar-refractivity contribution in [2.45, 2.75) is 39.2 Å². The summed E-state index contributed by atoms with van der Waals surface area (Å²) >= 11 is 0. The molecular weight excluding hydrogens is 330 g/mol. The molecule has 26 heavy (non-hydrogen) atoms. The largest absolute Gasteiger partial charge is 0.489 e. The number of hydrogen-bond donors (Lipinski definition) is 2. The SMILES string of the molecule is CC(C)Oc1ccccc1NC(=O)CC1(C(=O)O)Cc2ccccc2C1. The number of carboxylic acid groups (broad SMARTS) is 1. The summed E-state index contributed by atoms with van der Waals surface area (Å²) in [4.78, 5) is 24.6. The van der Waals surface area contributed by atoms with Gasteiger partial charge in [0.2, 0.25) is 5.91 Å². The van der Waals surface area contributed by atoms with E-state index < -0.39 is 11.4 Å². The van der Waals surface area contributed by atoms with E-state index in [1.807, 2.05) is 44.2 Å². The molecule has 0 atom stereocenters. The molecule has 2 N–H and O–H groups in total. The van der Waals surface area contributed by atoms with Crippen molar-refractivity contribution in [1.82, 2.24) is 0 Å². The monoisotopic (exact) mass is 353 g/mol. The molecule has 1 aliphatic rings. The minimum absolute atomic E-state index is 0.0252. The Morgan fingerprint density at radius 3 is 2.23 bits per heavy atom. The van der Waals surface area contributed by atoms with Crippen LogP contribution in [0.3, 0.4) is 0 Å². The van der Waals surface area contributed by atoms with E-state index in [2.05, 4.69) is 5.32 Å². The minimum Gasteiger partial charge on any atom is -0.489 e. The van der Waals surface area contributed by atoms with Gasteiger partial charge in [0.15, 0.2) is 0 Å². The normalized spacial score (nSPS) is 14.7. The van der Waals surface area contributed by atoms with Gasteiger partial charge in [0.05, 0.1) is 17.2 Å². The first-order valence-electron chi connectivity index (χ1n) is 8.75. The van der Waals surface area contributed by atoms with Crippen LogP contribution in [-0.2, 0) is 22.4 Å². The molecule has 5 nitrogen and oxygen atoms in total. The summed E-state index contributed by atoms with van der Waals surface area (Å²) in [5.74, 6) is -0.675. The molecule has 136 valence electrons. The highest BCUT2D eigenvalue weighted by atomic mass is 16.5. The molecule has 0 fully saturated rings. The van der Waals surface area contributed by atoms with E-state index in [0.29, 0.717) is 24.3 Å². The molecule has 0 heterocycles. The average molecular weight is 353 g/mol. The number of ether oxygens (including phenoxy) is 1. The van der Waals surface area contributed by atoms with Crippen molar-refractivity contribution in [3.63, 3.8) is 0 Å². The number of amides is 1. The second-order valence-electron chi connectivity index (χ2n) is 7.10. The summed E-state index contributed by atoms with van der Waals surface area (Å²) in [6.07, 6.45) is 0.641. The summed E-state index contributed by atoms with van der Waals surface area (Å²) in [5.41, 5.74) is 1.47. The standard InChI is InChI=1S/C21H23NO4/c1-14(2)26-18-10-6-5-9-17(18)22-19(23)13-21(20(24)25)11-15-7-3-4-8-16(15)12-21/h3-10,14H,11-13H2,1-2H3,(H,22,23)(H,24,25). The van der Waals surface area contributed by atoms with Crippen LogP contribution < -0.4 is 10.1 Å². The summed E-state index contributed by atoms with van der Waals surface area (Å²) in [7, 11) is 0. The van der Waals surface area contributed by atoms with Crippen molar-refractivity contribution in [3.05, 3.63) is 59.7 Å². The maximum atomic E-state index is 12.6. The number of fused-ring (bicyclic) bond motifs is 1. The molecule has 0 radical (unpaired) electrons. The van der Waals surface area contributed by atoms with Crippen LogP contribution in [0.5, 0.6) is 5.75 Å². The lowest BCUT2D eigenvalue weighted by molar-refractivity contribution is -0.150. The van der Waals surface area contributed by atoms with Gasteiger partial charge < -0.3 is 15.2 Å². The second-order valence-corrected chi connectivity index (χ2v) is 7.10. The number of carbonyl (C=O) groups is 2. The van der Waals surface area contributed by atoms with Crippen LogP contribution in [-0.4, -0.2) is 23.1 Å². The second kappa shape index (κ2) is 7.20. The van der Waals surface area contributed by atoms with E-state index in [-0.39, 0.29) is 18.4 Å². The van der Waals surface area contributed by atoms with Crippen LogP contribution >= 0.6 is 0 Å². The molecule has 1 aliphatic carbocycles. The van der Waals surface area contributed by atoms with Crippen molar-refractivity contribution in [2.75, 3.05) is 5.32 Å². The highest BCUT2D eigenvalue weighted by Crippen LogP contribution is 2.40. The molecule has 1 amide bonds. The van der Waals surface area contributed by atoms with Gasteiger partial charge in [0.1, 0.15) is 5.75 Å². The van der Waals surface area contributed by atoms with Gasteiger partial charge in [0, 0.05) is 6.42 Å². The molecule has 2 aromatic rings. The van der Waals surface area contributed by atoms with E-state index in [1.165, 1.54) is 0 Å². The van der Waals surface area contributed by atoms with Crippen LogP contribution in [0.15, 0.2) is 48.5 Å². The van der Waals surface area contributed by atoms with Crippen molar-refractivity contribution in [3.8, 4) is 5.75 Å². The summed E-state index contributed by atoms with van der Waals surface area (Å²) in [5, 5.41) is 12.6. The quantitative estimate of drug-likeness (QED) is 0.831. The smallest absolute Gasteiger partial charge is 0.310 e. The number of rotatable bonds is 6. The zero-order chi connectivity index (χ0) is 18.7. The van der Waals surface area contributed by atoms with E-state index in [1.54, 1.807) is 18.2 Å². The Balaban J connectivity index is 1.76. The number of hydrogen-bond acceptors (Lipinski definition) is 3. The number of aliphatic carboxylic acids is 1. The lowest BCUT2D eigenvalue weighted by Gasteiger charge is -2.23. The molecule has 0 spiro atoms. The fourth-order valence-electron chi connectivity index (χ4n) is 3.47. The van der Waals surface area contributed by atoms with Crippen molar-refractivity contribution in [2.24, 2.45) is 5.41 Å². The first-order chi connectivity index (χ1) is 12.4. The Morgan fingerprint density at radius 1 is 1.08 bits per heavy atom. The molecule has 0 aromatic heterocycles. The Bertz CT molecular complexity index is 803. The van der Waals surface area contributed by atoms with Gasteiger partial charge in [-0.25, -0.2) is 0 Å². The maximum absolute atomic E-state index is 12.6. The van der Waals surface area contributed by atoms with Gasteiger partial charge in [0.25, 0.3) is 0 Å². The molecule has 0 saturated heterocycles. The van der Waals surface area contributed by atoms with Gasteiger partial charge in [-0.2, -0.15) is 0 Å². The number of anilines is 1. The highest BCUT2D eigenvalue weighted by Gasteiger charge is 2.45. The number of carboxylic acids is 1. The third-order valence-corrected chi connectivity index (χ3v) is 4.65. The molecule has 0 unspecified atom stereocenters. The molecular formula is C21H23NO4. The summed E-state index contributed by atoms with van der Waals surface area (Å²) in [6.45, 7) is 3.82. The number of benzene rings is 2. The van der Waals surface area contributed by atoms with E-state index >= 15 is 0 Å². The van der Waals surface area contributed by atoms with E-state index in [4.69, 9.17) is 4.74 Å². The predicted molar refractivity (Wildman–Crippen MR) is 99.4 cm³/mol. The third kappa shape index (κ3) is 3.72. The van der Waals surface area contributed by atoms with Crippen LogP contribution in [0.4, 0.5) is 5.69 Å². The first kappa shape index (κ1) is 18.0. The number of carbonyl (C=O) groups excluding carboxylic acids is 1. The highest BCUT2D eigenvalue weighted by molar-refractivity contribution is 5.95. The molecule has 0 bridgehead atoms. The average Bonchev–Trinajstić information content (AvgIpc) is 2.95. The Labute approximate surface area is 153 Å². The van der Waals surface area contributed by atoms with Gasteiger partial charge >= 0.3 is 5.97 Å². The van der Waals surface area contributed by atoms with Crippen LogP contribution in [0.25, 0.3) is 0 Å². The van der Waals surface area contributed by atoms with Crippen molar-refractivity contribution < 1.29 is 19.4 Å². The zero-order valence-electron chi connectivity index (χ0n) is 15.0.